The number of carbonyl (C=O) groups excluding carboxylic acids is 2. The second-order valence-electron chi connectivity index (χ2n) is 7.61. The Kier molecular flexibility index (Phi) is 6.75. The van der Waals surface area contributed by atoms with Crippen molar-refractivity contribution in [3.63, 3.8) is 0 Å². The predicted molar refractivity (Wildman–Crippen MR) is 122 cm³/mol. The topological polar surface area (TPSA) is 64.6 Å². The lowest BCUT2D eigenvalue weighted by Gasteiger charge is -2.15. The normalized spacial score (nSPS) is 10.5. The Hall–Kier alpha value is -3.60. The lowest BCUT2D eigenvalue weighted by Crippen LogP contribution is -2.13. The van der Waals surface area contributed by atoms with Crippen LogP contribution in [-0.2, 0) is 6.61 Å². The van der Waals surface area contributed by atoms with E-state index in [-0.39, 0.29) is 18.3 Å². The van der Waals surface area contributed by atoms with Crippen LogP contribution in [0.25, 0.3) is 0 Å². The molecule has 0 unspecified atom stereocenters. The quantitative estimate of drug-likeness (QED) is 0.504. The number of ether oxygens (including phenoxy) is 2. The van der Waals surface area contributed by atoms with E-state index in [2.05, 4.69) is 18.3 Å². The number of methoxy groups -OCH3 is 1. The highest BCUT2D eigenvalue weighted by atomic mass is 16.5. The number of hydrogen-bond donors (Lipinski definition) is 1. The summed E-state index contributed by atoms with van der Waals surface area (Å²) in [5.41, 5.74) is 5.75. The van der Waals surface area contributed by atoms with Crippen LogP contribution in [0, 0.1) is 20.8 Å². The second kappa shape index (κ2) is 9.47. The van der Waals surface area contributed by atoms with Crippen LogP contribution in [0.15, 0.2) is 54.6 Å². The van der Waals surface area contributed by atoms with Gasteiger partial charge in [-0.2, -0.15) is 0 Å². The van der Waals surface area contributed by atoms with Gasteiger partial charge in [-0.1, -0.05) is 18.2 Å². The SMILES string of the molecule is COc1ccc(C(=O)Nc2cccc(C(C)=O)c2)cc1COc1cc(C)cc(C)c1C. The largest absolute Gasteiger partial charge is 0.496 e. The van der Waals surface area contributed by atoms with Gasteiger partial charge in [0.15, 0.2) is 5.78 Å². The molecule has 0 aromatic heterocycles. The molecule has 31 heavy (non-hydrogen) atoms. The third-order valence-corrected chi connectivity index (χ3v) is 5.22. The monoisotopic (exact) mass is 417 g/mol. The van der Waals surface area contributed by atoms with Crippen LogP contribution >= 0.6 is 0 Å². The standard InChI is InChI=1S/C26H27NO4/c1-16-11-17(2)18(3)25(12-16)31-15-22-13-21(9-10-24(22)30-5)26(29)27-23-8-6-7-20(14-23)19(4)28/h6-14H,15H2,1-5H3,(H,27,29). The molecular formula is C26H27NO4. The number of ketones is 1. The van der Waals surface area contributed by atoms with Crippen LogP contribution in [0.3, 0.4) is 0 Å². The lowest BCUT2D eigenvalue weighted by atomic mass is 10.1. The van der Waals surface area contributed by atoms with Gasteiger partial charge in [0.2, 0.25) is 0 Å². The molecule has 0 heterocycles. The third kappa shape index (κ3) is 5.31. The molecule has 1 N–H and O–H groups in total. The van der Waals surface area contributed by atoms with E-state index in [1.165, 1.54) is 12.5 Å². The minimum atomic E-state index is -0.271. The molecule has 160 valence electrons. The van der Waals surface area contributed by atoms with Crippen LogP contribution in [0.2, 0.25) is 0 Å². The van der Waals surface area contributed by atoms with E-state index in [4.69, 9.17) is 9.47 Å². The van der Waals surface area contributed by atoms with E-state index in [1.807, 2.05) is 19.9 Å². The zero-order chi connectivity index (χ0) is 22.5. The van der Waals surface area contributed by atoms with Crippen LogP contribution in [-0.4, -0.2) is 18.8 Å². The molecule has 3 rings (SSSR count). The average Bonchev–Trinajstić information content (AvgIpc) is 2.75. The summed E-state index contributed by atoms with van der Waals surface area (Å²) in [5.74, 6) is 1.14. The molecule has 5 heteroatoms. The summed E-state index contributed by atoms with van der Waals surface area (Å²) in [5, 5.41) is 2.84. The fourth-order valence-corrected chi connectivity index (χ4v) is 3.36. The van der Waals surface area contributed by atoms with Crippen molar-refractivity contribution in [3.05, 3.63) is 88.0 Å². The zero-order valence-electron chi connectivity index (χ0n) is 18.5. The number of nitrogens with one attached hydrogen (secondary N) is 1. The Morgan fingerprint density at radius 2 is 1.68 bits per heavy atom. The summed E-state index contributed by atoms with van der Waals surface area (Å²) in [6.45, 7) is 7.89. The van der Waals surface area contributed by atoms with E-state index in [0.29, 0.717) is 22.6 Å². The fourth-order valence-electron chi connectivity index (χ4n) is 3.36. The van der Waals surface area contributed by atoms with Crippen LogP contribution in [0.5, 0.6) is 11.5 Å². The minimum absolute atomic E-state index is 0.0540. The molecule has 0 fully saturated rings. The molecule has 0 saturated heterocycles. The fraction of sp³-hybridized carbons (Fsp3) is 0.231. The number of carbonyl (C=O) groups is 2. The van der Waals surface area contributed by atoms with Crippen molar-refractivity contribution in [1.29, 1.82) is 0 Å². The summed E-state index contributed by atoms with van der Waals surface area (Å²) >= 11 is 0. The first kappa shape index (κ1) is 22.1. The van der Waals surface area contributed by atoms with Crippen LogP contribution in [0.1, 0.15) is 49.9 Å². The first-order valence-corrected chi connectivity index (χ1v) is 10.1. The molecule has 0 aliphatic heterocycles. The maximum Gasteiger partial charge on any atom is 0.255 e. The minimum Gasteiger partial charge on any atom is -0.496 e. The molecule has 0 spiro atoms. The summed E-state index contributed by atoms with van der Waals surface area (Å²) < 4.78 is 11.5. The van der Waals surface area contributed by atoms with Gasteiger partial charge in [-0.15, -0.1) is 0 Å². The maximum absolute atomic E-state index is 12.8. The van der Waals surface area contributed by atoms with E-state index >= 15 is 0 Å². The molecule has 0 atom stereocenters. The first-order valence-electron chi connectivity index (χ1n) is 10.1. The Balaban J connectivity index is 1.81. The van der Waals surface area contributed by atoms with Crippen molar-refractivity contribution in [2.24, 2.45) is 0 Å². The van der Waals surface area contributed by atoms with E-state index in [1.54, 1.807) is 49.6 Å². The highest BCUT2D eigenvalue weighted by Crippen LogP contribution is 2.27. The van der Waals surface area contributed by atoms with E-state index in [0.717, 1.165) is 22.4 Å². The van der Waals surface area contributed by atoms with Crippen LogP contribution < -0.4 is 14.8 Å². The Morgan fingerprint density at radius 3 is 2.39 bits per heavy atom. The van der Waals surface area contributed by atoms with Crippen molar-refractivity contribution in [3.8, 4) is 11.5 Å². The third-order valence-electron chi connectivity index (χ3n) is 5.22. The summed E-state index contributed by atoms with van der Waals surface area (Å²) in [7, 11) is 1.59. The number of rotatable bonds is 7. The number of benzene rings is 3. The second-order valence-corrected chi connectivity index (χ2v) is 7.61. The van der Waals surface area contributed by atoms with Gasteiger partial charge in [0.1, 0.15) is 18.1 Å². The molecule has 1 amide bonds. The summed E-state index contributed by atoms with van der Waals surface area (Å²) in [6, 6.07) is 16.2. The molecule has 5 nitrogen and oxygen atoms in total. The highest BCUT2D eigenvalue weighted by Gasteiger charge is 2.13. The average molecular weight is 418 g/mol. The van der Waals surface area contributed by atoms with Gasteiger partial charge in [0.05, 0.1) is 7.11 Å². The molecule has 0 saturated carbocycles. The zero-order valence-corrected chi connectivity index (χ0v) is 18.5. The molecule has 3 aromatic carbocycles. The number of Topliss-reactive ketones (excluding diaryl/α,β-unsaturated/α-hetero) is 1. The predicted octanol–water partition coefficient (Wildman–Crippen LogP) is 5.65. The van der Waals surface area contributed by atoms with Gasteiger partial charge in [-0.05, 0) is 80.8 Å². The van der Waals surface area contributed by atoms with Crippen LogP contribution in [0.4, 0.5) is 5.69 Å². The molecular weight excluding hydrogens is 390 g/mol. The number of amides is 1. The van der Waals surface area contributed by atoms with Crippen molar-refractivity contribution in [1.82, 2.24) is 0 Å². The lowest BCUT2D eigenvalue weighted by molar-refractivity contribution is 0.101. The van der Waals surface area contributed by atoms with Crippen molar-refractivity contribution in [2.45, 2.75) is 34.3 Å². The number of hydrogen-bond acceptors (Lipinski definition) is 4. The van der Waals surface area contributed by atoms with Gasteiger partial charge >= 0.3 is 0 Å². The van der Waals surface area contributed by atoms with Crippen molar-refractivity contribution in [2.75, 3.05) is 12.4 Å². The smallest absolute Gasteiger partial charge is 0.255 e. The van der Waals surface area contributed by atoms with Crippen molar-refractivity contribution >= 4 is 17.4 Å². The van der Waals surface area contributed by atoms with Gasteiger partial charge in [0.25, 0.3) is 5.91 Å². The molecule has 3 aromatic rings. The van der Waals surface area contributed by atoms with Gasteiger partial charge < -0.3 is 14.8 Å². The van der Waals surface area contributed by atoms with Gasteiger partial charge in [-0.3, -0.25) is 9.59 Å². The Bertz CT molecular complexity index is 1130. The summed E-state index contributed by atoms with van der Waals surface area (Å²) in [4.78, 5) is 24.4. The summed E-state index contributed by atoms with van der Waals surface area (Å²) in [6.07, 6.45) is 0. The maximum atomic E-state index is 12.8. The molecule has 0 aliphatic carbocycles. The Labute approximate surface area is 183 Å². The molecule has 0 aliphatic rings. The van der Waals surface area contributed by atoms with E-state index < -0.39 is 0 Å². The van der Waals surface area contributed by atoms with Gasteiger partial charge in [-0.25, -0.2) is 0 Å². The molecule has 0 radical (unpaired) electrons. The van der Waals surface area contributed by atoms with E-state index in [9.17, 15) is 9.59 Å². The first-order chi connectivity index (χ1) is 14.8. The number of anilines is 1. The van der Waals surface area contributed by atoms with Crippen molar-refractivity contribution < 1.29 is 19.1 Å². The highest BCUT2D eigenvalue weighted by molar-refractivity contribution is 6.05. The number of aryl methyl sites for hydroxylation is 2. The van der Waals surface area contributed by atoms with Gasteiger partial charge in [0, 0.05) is 22.4 Å². The Morgan fingerprint density at radius 1 is 0.903 bits per heavy atom. The molecule has 0 bridgehead atoms.